The number of aliphatic hydroxyl groups is 1. The first kappa shape index (κ1) is 6.92. The third kappa shape index (κ3) is 1.31. The SMILES string of the molecule is CC(O)c1ccc(C2CC2)o1. The van der Waals surface area contributed by atoms with E-state index >= 15 is 0 Å². The molecule has 0 radical (unpaired) electrons. The number of hydrogen-bond acceptors (Lipinski definition) is 2. The molecule has 60 valence electrons. The van der Waals surface area contributed by atoms with Gasteiger partial charge in [0.05, 0.1) is 0 Å². The van der Waals surface area contributed by atoms with E-state index in [1.807, 2.05) is 12.1 Å². The minimum Gasteiger partial charge on any atom is -0.463 e. The summed E-state index contributed by atoms with van der Waals surface area (Å²) >= 11 is 0. The fourth-order valence-corrected chi connectivity index (χ4v) is 1.18. The molecule has 2 rings (SSSR count). The summed E-state index contributed by atoms with van der Waals surface area (Å²) < 4.78 is 5.42. The van der Waals surface area contributed by atoms with E-state index in [0.29, 0.717) is 11.7 Å². The van der Waals surface area contributed by atoms with Crippen molar-refractivity contribution in [2.45, 2.75) is 31.8 Å². The van der Waals surface area contributed by atoms with Crippen LogP contribution in [0.2, 0.25) is 0 Å². The summed E-state index contributed by atoms with van der Waals surface area (Å²) in [4.78, 5) is 0. The van der Waals surface area contributed by atoms with Crippen LogP contribution in [0.3, 0.4) is 0 Å². The standard InChI is InChI=1S/C9H12O2/c1-6(10)8-4-5-9(11-8)7-2-3-7/h4-7,10H,2-3H2,1H3. The molecule has 0 aromatic carbocycles. The van der Waals surface area contributed by atoms with E-state index in [1.54, 1.807) is 6.92 Å². The van der Waals surface area contributed by atoms with E-state index in [9.17, 15) is 0 Å². The van der Waals surface area contributed by atoms with Gasteiger partial charge in [0.1, 0.15) is 17.6 Å². The number of hydrogen-bond donors (Lipinski definition) is 1. The lowest BCUT2D eigenvalue weighted by Gasteiger charge is -1.97. The molecule has 0 bridgehead atoms. The van der Waals surface area contributed by atoms with Gasteiger partial charge in [-0.2, -0.15) is 0 Å². The zero-order valence-electron chi connectivity index (χ0n) is 6.58. The molecule has 2 heteroatoms. The molecule has 1 unspecified atom stereocenters. The molecule has 1 heterocycles. The maximum absolute atomic E-state index is 9.15. The first-order valence-electron chi connectivity index (χ1n) is 4.05. The van der Waals surface area contributed by atoms with Crippen molar-refractivity contribution in [1.82, 2.24) is 0 Å². The van der Waals surface area contributed by atoms with Gasteiger partial charge in [0.2, 0.25) is 0 Å². The van der Waals surface area contributed by atoms with Crippen LogP contribution in [0.5, 0.6) is 0 Å². The Morgan fingerprint density at radius 1 is 1.55 bits per heavy atom. The Labute approximate surface area is 65.8 Å². The van der Waals surface area contributed by atoms with E-state index in [4.69, 9.17) is 9.52 Å². The first-order chi connectivity index (χ1) is 5.27. The molecular formula is C9H12O2. The summed E-state index contributed by atoms with van der Waals surface area (Å²) in [6.07, 6.45) is 2.02. The van der Waals surface area contributed by atoms with Gasteiger partial charge in [0, 0.05) is 5.92 Å². The highest BCUT2D eigenvalue weighted by molar-refractivity contribution is 5.16. The Balaban J connectivity index is 2.18. The number of rotatable bonds is 2. The molecule has 11 heavy (non-hydrogen) atoms. The van der Waals surface area contributed by atoms with Crippen LogP contribution in [-0.2, 0) is 0 Å². The van der Waals surface area contributed by atoms with Crippen LogP contribution in [0.1, 0.15) is 43.3 Å². The summed E-state index contributed by atoms with van der Waals surface area (Å²) in [6.45, 7) is 1.72. The quantitative estimate of drug-likeness (QED) is 0.704. The smallest absolute Gasteiger partial charge is 0.132 e. The van der Waals surface area contributed by atoms with Crippen molar-refractivity contribution in [3.8, 4) is 0 Å². The minimum absolute atomic E-state index is 0.470. The molecule has 2 nitrogen and oxygen atoms in total. The Hall–Kier alpha value is -0.760. The van der Waals surface area contributed by atoms with Crippen LogP contribution in [-0.4, -0.2) is 5.11 Å². The van der Waals surface area contributed by atoms with E-state index < -0.39 is 6.10 Å². The summed E-state index contributed by atoms with van der Waals surface area (Å²) in [7, 11) is 0. The van der Waals surface area contributed by atoms with Crippen molar-refractivity contribution in [2.75, 3.05) is 0 Å². The Morgan fingerprint density at radius 2 is 2.27 bits per heavy atom. The summed E-state index contributed by atoms with van der Waals surface area (Å²) in [6, 6.07) is 3.83. The van der Waals surface area contributed by atoms with Crippen LogP contribution in [0.4, 0.5) is 0 Å². The van der Waals surface area contributed by atoms with Gasteiger partial charge in [-0.1, -0.05) is 0 Å². The molecular weight excluding hydrogens is 140 g/mol. The molecule has 1 fully saturated rings. The van der Waals surface area contributed by atoms with Crippen LogP contribution in [0.15, 0.2) is 16.5 Å². The third-order valence-electron chi connectivity index (χ3n) is 2.04. The van der Waals surface area contributed by atoms with Crippen molar-refractivity contribution in [3.63, 3.8) is 0 Å². The molecule has 1 saturated carbocycles. The second-order valence-electron chi connectivity index (χ2n) is 3.19. The summed E-state index contributed by atoms with van der Waals surface area (Å²) in [5, 5.41) is 9.15. The van der Waals surface area contributed by atoms with Crippen LogP contribution >= 0.6 is 0 Å². The fourth-order valence-electron chi connectivity index (χ4n) is 1.18. The van der Waals surface area contributed by atoms with Gasteiger partial charge >= 0.3 is 0 Å². The summed E-state index contributed by atoms with van der Waals surface area (Å²) in [5.41, 5.74) is 0. The van der Waals surface area contributed by atoms with Gasteiger partial charge in [-0.05, 0) is 31.9 Å². The molecule has 1 N–H and O–H groups in total. The van der Waals surface area contributed by atoms with Gasteiger partial charge < -0.3 is 9.52 Å². The van der Waals surface area contributed by atoms with Gasteiger partial charge in [-0.3, -0.25) is 0 Å². The van der Waals surface area contributed by atoms with Gasteiger partial charge in [0.25, 0.3) is 0 Å². The number of aliphatic hydroxyl groups excluding tert-OH is 1. The normalized spacial score (nSPS) is 20.2. The number of furan rings is 1. The topological polar surface area (TPSA) is 33.4 Å². The molecule has 0 spiro atoms. The lowest BCUT2D eigenvalue weighted by Crippen LogP contribution is -1.85. The van der Waals surface area contributed by atoms with Gasteiger partial charge in [0.15, 0.2) is 0 Å². The second kappa shape index (κ2) is 2.38. The lowest BCUT2D eigenvalue weighted by atomic mass is 10.3. The van der Waals surface area contributed by atoms with Crippen molar-refractivity contribution >= 4 is 0 Å². The molecule has 1 aromatic heterocycles. The highest BCUT2D eigenvalue weighted by Gasteiger charge is 2.27. The van der Waals surface area contributed by atoms with Crippen molar-refractivity contribution in [3.05, 3.63) is 23.7 Å². The van der Waals surface area contributed by atoms with E-state index in [1.165, 1.54) is 12.8 Å². The zero-order valence-corrected chi connectivity index (χ0v) is 6.58. The Kier molecular flexibility index (Phi) is 1.50. The Morgan fingerprint density at radius 3 is 2.73 bits per heavy atom. The molecule has 1 aliphatic rings. The highest BCUT2D eigenvalue weighted by atomic mass is 16.4. The zero-order chi connectivity index (χ0) is 7.84. The summed E-state index contributed by atoms with van der Waals surface area (Å²) in [5.74, 6) is 2.37. The van der Waals surface area contributed by atoms with Crippen molar-refractivity contribution in [1.29, 1.82) is 0 Å². The Bertz CT molecular complexity index is 229. The van der Waals surface area contributed by atoms with Crippen LogP contribution < -0.4 is 0 Å². The minimum atomic E-state index is -0.470. The van der Waals surface area contributed by atoms with Crippen molar-refractivity contribution < 1.29 is 9.52 Å². The van der Waals surface area contributed by atoms with Crippen LogP contribution in [0.25, 0.3) is 0 Å². The molecule has 1 aromatic rings. The monoisotopic (exact) mass is 152 g/mol. The third-order valence-corrected chi connectivity index (χ3v) is 2.04. The van der Waals surface area contributed by atoms with Gasteiger partial charge in [-0.25, -0.2) is 0 Å². The lowest BCUT2D eigenvalue weighted by molar-refractivity contribution is 0.167. The maximum Gasteiger partial charge on any atom is 0.132 e. The molecule has 0 amide bonds. The predicted octanol–water partition coefficient (Wildman–Crippen LogP) is 2.21. The van der Waals surface area contributed by atoms with Gasteiger partial charge in [-0.15, -0.1) is 0 Å². The largest absolute Gasteiger partial charge is 0.463 e. The average Bonchev–Trinajstić information content (AvgIpc) is 2.68. The fraction of sp³-hybridized carbons (Fsp3) is 0.556. The average molecular weight is 152 g/mol. The molecule has 0 aliphatic heterocycles. The molecule has 1 atom stereocenters. The highest BCUT2D eigenvalue weighted by Crippen LogP contribution is 2.41. The van der Waals surface area contributed by atoms with E-state index in [2.05, 4.69) is 0 Å². The first-order valence-corrected chi connectivity index (χ1v) is 4.05. The molecule has 0 saturated heterocycles. The predicted molar refractivity (Wildman–Crippen MR) is 41.3 cm³/mol. The van der Waals surface area contributed by atoms with Crippen molar-refractivity contribution in [2.24, 2.45) is 0 Å². The molecule has 1 aliphatic carbocycles. The van der Waals surface area contributed by atoms with Crippen LogP contribution in [0, 0.1) is 0 Å². The van der Waals surface area contributed by atoms with E-state index in [-0.39, 0.29) is 0 Å². The van der Waals surface area contributed by atoms with E-state index in [0.717, 1.165) is 5.76 Å². The maximum atomic E-state index is 9.15. The second-order valence-corrected chi connectivity index (χ2v) is 3.19.